The molecule has 23 heavy (non-hydrogen) atoms. The molecule has 4 rings (SSSR count). The molecule has 3 aromatic rings. The number of benzene rings is 2. The molecule has 4 heteroatoms. The van der Waals surface area contributed by atoms with Gasteiger partial charge in [0.15, 0.2) is 5.82 Å². The molecule has 1 fully saturated rings. The van der Waals surface area contributed by atoms with Gasteiger partial charge in [0.05, 0.1) is 12.7 Å². The van der Waals surface area contributed by atoms with Crippen LogP contribution in [0.3, 0.4) is 0 Å². The number of rotatable bonds is 4. The Morgan fingerprint density at radius 1 is 0.870 bits per heavy atom. The summed E-state index contributed by atoms with van der Waals surface area (Å²) in [5.74, 6) is 0.478. The lowest BCUT2D eigenvalue weighted by molar-refractivity contribution is 0.407. The predicted molar refractivity (Wildman–Crippen MR) is 86.3 cm³/mol. The van der Waals surface area contributed by atoms with Crippen LogP contribution >= 0.6 is 0 Å². The lowest BCUT2D eigenvalue weighted by atomic mass is 10.0. The van der Waals surface area contributed by atoms with E-state index in [4.69, 9.17) is 4.74 Å². The predicted octanol–water partition coefficient (Wildman–Crippen LogP) is 3.89. The zero-order chi connectivity index (χ0) is 15.6. The molecule has 0 bridgehead atoms. The third-order valence-corrected chi connectivity index (χ3v) is 3.89. The molecule has 0 N–H and O–H groups in total. The van der Waals surface area contributed by atoms with E-state index in [0.29, 0.717) is 11.9 Å². The van der Waals surface area contributed by atoms with Gasteiger partial charge in [0.25, 0.3) is 0 Å². The Hall–Kier alpha value is -2.59. The van der Waals surface area contributed by atoms with E-state index < -0.39 is 0 Å². The summed E-state index contributed by atoms with van der Waals surface area (Å²) in [6.07, 6.45) is 4.94. The Labute approximate surface area is 133 Å². The summed E-state index contributed by atoms with van der Waals surface area (Å²) in [6, 6.07) is 14.4. The van der Waals surface area contributed by atoms with Gasteiger partial charge in [-0.3, -0.25) is 0 Å². The van der Waals surface area contributed by atoms with Gasteiger partial charge in [-0.1, -0.05) is 36.4 Å². The molecule has 1 aliphatic heterocycles. The molecule has 1 atom stereocenters. The van der Waals surface area contributed by atoms with Crippen LogP contribution < -0.4 is 0 Å². The van der Waals surface area contributed by atoms with Gasteiger partial charge in [0.1, 0.15) is 5.82 Å². The zero-order valence-corrected chi connectivity index (χ0v) is 12.4. The summed E-state index contributed by atoms with van der Waals surface area (Å²) in [7, 11) is 0. The quantitative estimate of drug-likeness (QED) is 0.686. The number of epoxide rings is 1. The molecule has 0 radical (unpaired) electrons. The molecule has 1 aliphatic rings. The van der Waals surface area contributed by atoms with Crippen LogP contribution in [-0.2, 0) is 11.2 Å². The number of aromatic nitrogens is 2. The van der Waals surface area contributed by atoms with Crippen molar-refractivity contribution in [3.05, 3.63) is 72.3 Å². The Morgan fingerprint density at radius 3 is 1.96 bits per heavy atom. The minimum absolute atomic E-state index is 0.226. The van der Waals surface area contributed by atoms with Crippen molar-refractivity contribution in [3.63, 3.8) is 0 Å². The van der Waals surface area contributed by atoms with E-state index in [9.17, 15) is 4.39 Å². The summed E-state index contributed by atoms with van der Waals surface area (Å²) < 4.78 is 18.2. The monoisotopic (exact) mass is 306 g/mol. The Bertz CT molecular complexity index is 794. The molecular weight excluding hydrogens is 291 g/mol. The summed E-state index contributed by atoms with van der Waals surface area (Å²) in [5.41, 5.74) is 4.08. The average Bonchev–Trinajstić information content (AvgIpc) is 3.41. The van der Waals surface area contributed by atoms with E-state index in [-0.39, 0.29) is 5.82 Å². The summed E-state index contributed by atoms with van der Waals surface area (Å²) in [6.45, 7) is 0.840. The highest BCUT2D eigenvalue weighted by atomic mass is 19.1. The number of nitrogens with zero attached hydrogens (tertiary/aromatic N) is 2. The van der Waals surface area contributed by atoms with Gasteiger partial charge < -0.3 is 4.74 Å². The third kappa shape index (κ3) is 3.27. The first-order valence-electron chi connectivity index (χ1n) is 7.57. The zero-order valence-electron chi connectivity index (χ0n) is 12.4. The average molecular weight is 306 g/mol. The maximum absolute atomic E-state index is 13.0. The molecule has 114 valence electrons. The molecule has 3 nitrogen and oxygen atoms in total. The minimum atomic E-state index is -0.226. The fraction of sp³-hybridized carbons (Fsp3) is 0.158. The third-order valence-electron chi connectivity index (χ3n) is 3.89. The van der Waals surface area contributed by atoms with Gasteiger partial charge in [-0.15, -0.1) is 0 Å². The highest BCUT2D eigenvalue weighted by molar-refractivity contribution is 5.67. The molecule has 1 aromatic heterocycles. The Balaban J connectivity index is 1.53. The van der Waals surface area contributed by atoms with Gasteiger partial charge in [-0.05, 0) is 28.8 Å². The number of ether oxygens (including phenoxy) is 1. The van der Waals surface area contributed by atoms with Crippen molar-refractivity contribution in [1.82, 2.24) is 9.97 Å². The van der Waals surface area contributed by atoms with E-state index in [1.807, 2.05) is 36.7 Å². The fourth-order valence-electron chi connectivity index (χ4n) is 2.51. The molecule has 2 heterocycles. The summed E-state index contributed by atoms with van der Waals surface area (Å²) >= 11 is 0. The first kappa shape index (κ1) is 14.0. The van der Waals surface area contributed by atoms with Crippen LogP contribution in [0.1, 0.15) is 5.56 Å². The molecule has 1 unspecified atom stereocenters. The second-order valence-corrected chi connectivity index (χ2v) is 5.66. The SMILES string of the molecule is Fc1ccc(-c2ccc(-c3ncc(CC4CO4)cn3)cc2)cc1. The molecule has 1 saturated heterocycles. The highest BCUT2D eigenvalue weighted by Crippen LogP contribution is 2.23. The lowest BCUT2D eigenvalue weighted by Crippen LogP contribution is -1.96. The van der Waals surface area contributed by atoms with E-state index in [1.165, 1.54) is 12.1 Å². The van der Waals surface area contributed by atoms with Crippen LogP contribution in [0, 0.1) is 5.82 Å². The minimum Gasteiger partial charge on any atom is -0.373 e. The lowest BCUT2D eigenvalue weighted by Gasteiger charge is -2.05. The topological polar surface area (TPSA) is 38.3 Å². The highest BCUT2D eigenvalue weighted by Gasteiger charge is 2.22. The van der Waals surface area contributed by atoms with Crippen LogP contribution in [0.25, 0.3) is 22.5 Å². The maximum atomic E-state index is 13.0. The first-order valence-corrected chi connectivity index (χ1v) is 7.57. The molecule has 0 amide bonds. The van der Waals surface area contributed by atoms with Crippen molar-refractivity contribution >= 4 is 0 Å². The van der Waals surface area contributed by atoms with Gasteiger partial charge >= 0.3 is 0 Å². The first-order chi connectivity index (χ1) is 11.3. The van der Waals surface area contributed by atoms with Crippen molar-refractivity contribution in [3.8, 4) is 22.5 Å². The van der Waals surface area contributed by atoms with Crippen molar-refractivity contribution in [2.45, 2.75) is 12.5 Å². The van der Waals surface area contributed by atoms with E-state index in [1.54, 1.807) is 12.1 Å². The molecule has 0 spiro atoms. The Morgan fingerprint density at radius 2 is 1.39 bits per heavy atom. The molecule has 0 saturated carbocycles. The largest absolute Gasteiger partial charge is 0.373 e. The van der Waals surface area contributed by atoms with Crippen LogP contribution in [0.15, 0.2) is 60.9 Å². The van der Waals surface area contributed by atoms with Gasteiger partial charge in [0.2, 0.25) is 0 Å². The maximum Gasteiger partial charge on any atom is 0.159 e. The van der Waals surface area contributed by atoms with Crippen LogP contribution in [0.2, 0.25) is 0 Å². The van der Waals surface area contributed by atoms with Gasteiger partial charge in [-0.2, -0.15) is 0 Å². The van der Waals surface area contributed by atoms with Gasteiger partial charge in [-0.25, -0.2) is 14.4 Å². The number of halogens is 1. The number of hydrogen-bond donors (Lipinski definition) is 0. The van der Waals surface area contributed by atoms with E-state index in [2.05, 4.69) is 9.97 Å². The molecule has 0 aliphatic carbocycles. The van der Waals surface area contributed by atoms with Crippen molar-refractivity contribution in [1.29, 1.82) is 0 Å². The fourth-order valence-corrected chi connectivity index (χ4v) is 2.51. The van der Waals surface area contributed by atoms with Gasteiger partial charge in [0, 0.05) is 24.4 Å². The normalized spacial score (nSPS) is 16.3. The second-order valence-electron chi connectivity index (χ2n) is 5.66. The molecular formula is C19H15FN2O. The van der Waals surface area contributed by atoms with E-state index >= 15 is 0 Å². The van der Waals surface area contributed by atoms with Crippen molar-refractivity contribution in [2.24, 2.45) is 0 Å². The van der Waals surface area contributed by atoms with Crippen molar-refractivity contribution in [2.75, 3.05) is 6.61 Å². The molecule has 2 aromatic carbocycles. The summed E-state index contributed by atoms with van der Waals surface area (Å²) in [5, 5.41) is 0. The van der Waals surface area contributed by atoms with Crippen LogP contribution in [0.4, 0.5) is 4.39 Å². The van der Waals surface area contributed by atoms with Crippen LogP contribution in [0.5, 0.6) is 0 Å². The smallest absolute Gasteiger partial charge is 0.159 e. The van der Waals surface area contributed by atoms with Crippen LogP contribution in [-0.4, -0.2) is 22.7 Å². The van der Waals surface area contributed by atoms with E-state index in [0.717, 1.165) is 35.3 Å². The summed E-state index contributed by atoms with van der Waals surface area (Å²) in [4.78, 5) is 8.86. The van der Waals surface area contributed by atoms with Crippen molar-refractivity contribution < 1.29 is 9.13 Å². The second kappa shape index (κ2) is 5.89. The Kier molecular flexibility index (Phi) is 3.60. The standard InChI is InChI=1S/C19H15FN2O/c20-17-7-5-15(6-8-17)14-1-3-16(4-2-14)19-21-10-13(11-22-19)9-18-12-23-18/h1-8,10-11,18H,9,12H2. The number of hydrogen-bond acceptors (Lipinski definition) is 3.